The van der Waals surface area contributed by atoms with Gasteiger partial charge in [-0.2, -0.15) is 5.10 Å². The van der Waals surface area contributed by atoms with E-state index in [1.165, 1.54) is 10.9 Å². The quantitative estimate of drug-likeness (QED) is 0.509. The van der Waals surface area contributed by atoms with Crippen molar-refractivity contribution in [1.82, 2.24) is 20.1 Å². The summed E-state index contributed by atoms with van der Waals surface area (Å²) < 4.78 is 5.34. The lowest BCUT2D eigenvalue weighted by Crippen LogP contribution is -2.38. The number of methoxy groups -OCH3 is 1. The molecular formula is C20H19N5O2. The number of amides is 2. The van der Waals surface area contributed by atoms with Gasteiger partial charge in [0.2, 0.25) is 0 Å². The van der Waals surface area contributed by atoms with Crippen LogP contribution in [-0.2, 0) is 13.0 Å². The summed E-state index contributed by atoms with van der Waals surface area (Å²) in [7, 11) is 1.67. The van der Waals surface area contributed by atoms with Crippen LogP contribution in [0.3, 0.4) is 0 Å². The molecule has 2 amide bonds. The number of nitrogens with one attached hydrogen (secondary N) is 3. The molecule has 0 bridgehead atoms. The zero-order chi connectivity index (χ0) is 18.4. The standard InChI is InChI=1S/C20H19N5O2/c1-27-12-6-7-16-15(10-12)13-8-9-25(11-18(13)21-16)20(26)22-19-14-4-2-3-5-17(14)23-24-19/h2-7,10,21H,8-9,11H2,1H3,(H2,22,23,24,26). The number of aromatic nitrogens is 3. The van der Waals surface area contributed by atoms with Crippen molar-refractivity contribution in [3.63, 3.8) is 0 Å². The Labute approximate surface area is 155 Å². The Balaban J connectivity index is 1.39. The number of para-hydroxylation sites is 1. The number of hydrogen-bond donors (Lipinski definition) is 3. The van der Waals surface area contributed by atoms with E-state index in [-0.39, 0.29) is 6.03 Å². The molecule has 0 radical (unpaired) electrons. The minimum Gasteiger partial charge on any atom is -0.497 e. The highest BCUT2D eigenvalue weighted by atomic mass is 16.5. The smallest absolute Gasteiger partial charge is 0.323 e. The van der Waals surface area contributed by atoms with Gasteiger partial charge >= 0.3 is 6.03 Å². The molecular weight excluding hydrogens is 342 g/mol. The molecule has 0 spiro atoms. The molecule has 5 rings (SSSR count). The highest BCUT2D eigenvalue weighted by Gasteiger charge is 2.25. The Hall–Kier alpha value is -3.48. The summed E-state index contributed by atoms with van der Waals surface area (Å²) in [6.45, 7) is 1.20. The number of benzene rings is 2. The zero-order valence-electron chi connectivity index (χ0n) is 14.9. The molecule has 136 valence electrons. The Bertz CT molecular complexity index is 1160. The SMILES string of the molecule is COc1ccc2[nH]c3c(c2c1)CCN(C(=O)Nc1n[nH]c2ccccc12)C3. The van der Waals surface area contributed by atoms with E-state index in [9.17, 15) is 4.79 Å². The lowest BCUT2D eigenvalue weighted by Gasteiger charge is -2.27. The number of ether oxygens (including phenoxy) is 1. The minimum atomic E-state index is -0.144. The van der Waals surface area contributed by atoms with Crippen molar-refractivity contribution in [2.45, 2.75) is 13.0 Å². The monoisotopic (exact) mass is 361 g/mol. The number of nitrogens with zero attached hydrogens (tertiary/aromatic N) is 2. The fourth-order valence-electron chi connectivity index (χ4n) is 3.76. The third-order valence-electron chi connectivity index (χ3n) is 5.17. The number of aromatic amines is 2. The Morgan fingerprint density at radius 2 is 2.07 bits per heavy atom. The maximum atomic E-state index is 12.8. The second-order valence-electron chi connectivity index (χ2n) is 6.71. The summed E-state index contributed by atoms with van der Waals surface area (Å²) in [6.07, 6.45) is 0.803. The van der Waals surface area contributed by atoms with E-state index >= 15 is 0 Å². The van der Waals surface area contributed by atoms with E-state index in [2.05, 4.69) is 26.6 Å². The Kier molecular flexibility index (Phi) is 3.53. The first-order valence-electron chi connectivity index (χ1n) is 8.89. The average Bonchev–Trinajstić information content (AvgIpc) is 3.28. The predicted molar refractivity (Wildman–Crippen MR) is 104 cm³/mol. The van der Waals surface area contributed by atoms with E-state index < -0.39 is 0 Å². The molecule has 27 heavy (non-hydrogen) atoms. The largest absolute Gasteiger partial charge is 0.497 e. The second-order valence-corrected chi connectivity index (χ2v) is 6.71. The molecule has 4 aromatic rings. The summed E-state index contributed by atoms with van der Waals surface area (Å²) >= 11 is 0. The number of hydrogen-bond acceptors (Lipinski definition) is 3. The van der Waals surface area contributed by atoms with Crippen LogP contribution in [0.1, 0.15) is 11.3 Å². The topological polar surface area (TPSA) is 86.0 Å². The van der Waals surface area contributed by atoms with E-state index in [4.69, 9.17) is 4.74 Å². The van der Waals surface area contributed by atoms with Crippen molar-refractivity contribution in [3.8, 4) is 5.75 Å². The van der Waals surface area contributed by atoms with Gasteiger partial charge in [-0.15, -0.1) is 0 Å². The first-order chi connectivity index (χ1) is 13.2. The van der Waals surface area contributed by atoms with Crippen molar-refractivity contribution >= 4 is 33.7 Å². The van der Waals surface area contributed by atoms with Crippen molar-refractivity contribution in [2.75, 3.05) is 19.0 Å². The van der Waals surface area contributed by atoms with E-state index in [0.717, 1.165) is 34.3 Å². The molecule has 0 aliphatic carbocycles. The number of urea groups is 1. The van der Waals surface area contributed by atoms with Gasteiger partial charge in [0.05, 0.1) is 19.2 Å². The third kappa shape index (κ3) is 2.59. The molecule has 1 aliphatic rings. The lowest BCUT2D eigenvalue weighted by atomic mass is 10.0. The molecule has 7 nitrogen and oxygen atoms in total. The fourth-order valence-corrected chi connectivity index (χ4v) is 3.76. The molecule has 3 N–H and O–H groups in total. The van der Waals surface area contributed by atoms with Gasteiger partial charge in [-0.25, -0.2) is 4.79 Å². The fraction of sp³-hybridized carbons (Fsp3) is 0.200. The Morgan fingerprint density at radius 1 is 1.19 bits per heavy atom. The molecule has 1 aliphatic heterocycles. The van der Waals surface area contributed by atoms with Crippen molar-refractivity contribution < 1.29 is 9.53 Å². The second kappa shape index (κ2) is 6.05. The van der Waals surface area contributed by atoms with Crippen molar-refractivity contribution in [1.29, 1.82) is 0 Å². The van der Waals surface area contributed by atoms with Gasteiger partial charge in [0.1, 0.15) is 5.75 Å². The van der Waals surface area contributed by atoms with Crippen LogP contribution in [0.2, 0.25) is 0 Å². The number of rotatable bonds is 2. The number of carbonyl (C=O) groups excluding carboxylic acids is 1. The minimum absolute atomic E-state index is 0.144. The van der Waals surface area contributed by atoms with Gasteiger partial charge in [-0.05, 0) is 42.3 Å². The zero-order valence-corrected chi connectivity index (χ0v) is 14.9. The third-order valence-corrected chi connectivity index (χ3v) is 5.17. The van der Waals surface area contributed by atoms with E-state index in [0.29, 0.717) is 18.9 Å². The summed E-state index contributed by atoms with van der Waals surface area (Å²) in [4.78, 5) is 18.0. The van der Waals surface area contributed by atoms with Crippen LogP contribution < -0.4 is 10.1 Å². The van der Waals surface area contributed by atoms with Crippen LogP contribution >= 0.6 is 0 Å². The normalized spacial score (nSPS) is 13.7. The van der Waals surface area contributed by atoms with Gasteiger partial charge in [-0.3, -0.25) is 10.4 Å². The highest BCUT2D eigenvalue weighted by Crippen LogP contribution is 2.30. The average molecular weight is 361 g/mol. The summed E-state index contributed by atoms with van der Waals surface area (Å²) in [5, 5.41) is 12.2. The van der Waals surface area contributed by atoms with Gasteiger partial charge in [0, 0.05) is 28.5 Å². The maximum absolute atomic E-state index is 12.8. The first-order valence-corrected chi connectivity index (χ1v) is 8.89. The lowest BCUT2D eigenvalue weighted by molar-refractivity contribution is 0.206. The van der Waals surface area contributed by atoms with Crippen LogP contribution in [0.25, 0.3) is 21.8 Å². The Morgan fingerprint density at radius 3 is 2.96 bits per heavy atom. The van der Waals surface area contributed by atoms with Crippen LogP contribution in [0.4, 0.5) is 10.6 Å². The van der Waals surface area contributed by atoms with Gasteiger partial charge < -0.3 is 14.6 Å². The van der Waals surface area contributed by atoms with Crippen LogP contribution in [0, 0.1) is 0 Å². The van der Waals surface area contributed by atoms with Crippen LogP contribution in [-0.4, -0.2) is 39.8 Å². The predicted octanol–water partition coefficient (Wildman–Crippen LogP) is 3.64. The molecule has 2 aromatic heterocycles. The molecule has 2 aromatic carbocycles. The molecule has 3 heterocycles. The van der Waals surface area contributed by atoms with Gasteiger partial charge in [0.15, 0.2) is 5.82 Å². The molecule has 0 fully saturated rings. The maximum Gasteiger partial charge on any atom is 0.323 e. The number of H-pyrrole nitrogens is 2. The molecule has 7 heteroatoms. The summed E-state index contributed by atoms with van der Waals surface area (Å²) in [5.41, 5.74) is 4.31. The van der Waals surface area contributed by atoms with Crippen LogP contribution in [0.15, 0.2) is 42.5 Å². The molecule has 0 saturated carbocycles. The summed E-state index contributed by atoms with van der Waals surface area (Å²) in [6, 6.07) is 13.6. The number of carbonyl (C=O) groups is 1. The number of fused-ring (bicyclic) bond motifs is 4. The van der Waals surface area contributed by atoms with Crippen molar-refractivity contribution in [3.05, 3.63) is 53.7 Å². The molecule has 0 atom stereocenters. The molecule has 0 unspecified atom stereocenters. The highest BCUT2D eigenvalue weighted by molar-refractivity contribution is 5.99. The van der Waals surface area contributed by atoms with Gasteiger partial charge in [-0.1, -0.05) is 12.1 Å². The van der Waals surface area contributed by atoms with E-state index in [1.54, 1.807) is 12.0 Å². The van der Waals surface area contributed by atoms with Crippen LogP contribution in [0.5, 0.6) is 5.75 Å². The van der Waals surface area contributed by atoms with E-state index in [1.807, 2.05) is 36.4 Å². The van der Waals surface area contributed by atoms with Gasteiger partial charge in [0.25, 0.3) is 0 Å². The first kappa shape index (κ1) is 15.7. The summed E-state index contributed by atoms with van der Waals surface area (Å²) in [5.74, 6) is 1.40. The molecule has 0 saturated heterocycles. The van der Waals surface area contributed by atoms with Crippen molar-refractivity contribution in [2.24, 2.45) is 0 Å². The number of anilines is 1.